The first-order valence-electron chi connectivity index (χ1n) is 13.6. The van der Waals surface area contributed by atoms with Crippen molar-refractivity contribution in [2.45, 2.75) is 38.9 Å². The molecular weight excluding hydrogens is 524 g/mol. The third kappa shape index (κ3) is 5.33. The van der Waals surface area contributed by atoms with E-state index in [2.05, 4.69) is 27.1 Å². The van der Waals surface area contributed by atoms with Gasteiger partial charge in [0.1, 0.15) is 16.9 Å². The lowest BCUT2D eigenvalue weighted by atomic mass is 10.1. The van der Waals surface area contributed by atoms with E-state index in [-0.39, 0.29) is 42.3 Å². The van der Waals surface area contributed by atoms with Crippen LogP contribution in [0.4, 0.5) is 5.82 Å². The first-order chi connectivity index (χ1) is 19.8. The topological polar surface area (TPSA) is 142 Å². The van der Waals surface area contributed by atoms with Crippen molar-refractivity contribution in [1.29, 1.82) is 0 Å². The minimum absolute atomic E-state index is 0.0454. The molecule has 1 fully saturated rings. The lowest BCUT2D eigenvalue weighted by molar-refractivity contribution is 0.0938. The maximum absolute atomic E-state index is 14.2. The second-order valence-corrected chi connectivity index (χ2v) is 10.1. The third-order valence-corrected chi connectivity index (χ3v) is 7.34. The van der Waals surface area contributed by atoms with Crippen molar-refractivity contribution in [2.24, 2.45) is 12.8 Å². The fourth-order valence-electron chi connectivity index (χ4n) is 5.42. The Bertz CT molecular complexity index is 1790. The van der Waals surface area contributed by atoms with Gasteiger partial charge in [0, 0.05) is 46.0 Å². The van der Waals surface area contributed by atoms with Gasteiger partial charge < -0.3 is 25.3 Å². The minimum atomic E-state index is -0.554. The number of carbonyl (C=O) groups excluding carboxylic acids is 1. The molecule has 41 heavy (non-hydrogen) atoms. The molecule has 214 valence electrons. The largest absolute Gasteiger partial charge is 0.383 e. The quantitative estimate of drug-likeness (QED) is 0.239. The number of nitrogens with zero attached hydrogens (tertiary/aromatic N) is 6. The average Bonchev–Trinajstić information content (AvgIpc) is 3.32. The van der Waals surface area contributed by atoms with E-state index in [0.29, 0.717) is 42.2 Å². The molecule has 0 spiro atoms. The van der Waals surface area contributed by atoms with E-state index >= 15 is 0 Å². The lowest BCUT2D eigenvalue weighted by Crippen LogP contribution is -2.44. The van der Waals surface area contributed by atoms with Gasteiger partial charge in [-0.25, -0.2) is 9.78 Å². The summed E-state index contributed by atoms with van der Waals surface area (Å²) in [5.74, 6) is 6.08. The summed E-state index contributed by atoms with van der Waals surface area (Å²) in [7, 11) is 3.13. The smallest absolute Gasteiger partial charge is 0.331 e. The number of anilines is 1. The Kier molecular flexibility index (Phi) is 8.19. The Morgan fingerprint density at radius 2 is 2.02 bits per heavy atom. The first kappa shape index (κ1) is 28.1. The molecule has 0 aromatic carbocycles. The van der Waals surface area contributed by atoms with Crippen LogP contribution in [0.15, 0.2) is 40.1 Å². The number of amides is 1. The van der Waals surface area contributed by atoms with Crippen molar-refractivity contribution < 1.29 is 9.53 Å². The summed E-state index contributed by atoms with van der Waals surface area (Å²) in [5, 5.41) is 2.88. The molecule has 0 unspecified atom stereocenters. The van der Waals surface area contributed by atoms with Crippen LogP contribution in [-0.4, -0.2) is 69.0 Å². The maximum Gasteiger partial charge on any atom is 0.331 e. The van der Waals surface area contributed by atoms with Crippen LogP contribution in [0, 0.1) is 11.8 Å². The van der Waals surface area contributed by atoms with Crippen molar-refractivity contribution >= 4 is 33.8 Å². The van der Waals surface area contributed by atoms with Crippen LogP contribution in [0.5, 0.6) is 0 Å². The fraction of sp³-hybridized carbons (Fsp3) is 0.414. The van der Waals surface area contributed by atoms with E-state index in [0.717, 1.165) is 17.4 Å². The Labute approximate surface area is 236 Å². The molecule has 3 N–H and O–H groups in total. The molecule has 0 saturated carbocycles. The molecule has 1 atom stereocenters. The molecule has 5 heterocycles. The van der Waals surface area contributed by atoms with Crippen LogP contribution in [0.25, 0.3) is 22.1 Å². The number of pyridine rings is 2. The summed E-state index contributed by atoms with van der Waals surface area (Å²) in [6, 6.07) is 7.08. The second kappa shape index (κ2) is 12.0. The molecule has 4 aromatic heterocycles. The summed E-state index contributed by atoms with van der Waals surface area (Å²) in [6.07, 6.45) is 3.37. The fourth-order valence-corrected chi connectivity index (χ4v) is 5.42. The van der Waals surface area contributed by atoms with E-state index < -0.39 is 17.2 Å². The number of hydrogen-bond donors (Lipinski definition) is 2. The first-order valence-corrected chi connectivity index (χ1v) is 13.6. The molecule has 5 rings (SSSR count). The zero-order valence-electron chi connectivity index (χ0n) is 23.5. The normalized spacial score (nSPS) is 15.2. The van der Waals surface area contributed by atoms with Gasteiger partial charge in [0.15, 0.2) is 0 Å². The highest BCUT2D eigenvalue weighted by Crippen LogP contribution is 2.32. The Hall–Kier alpha value is -4.47. The molecule has 0 bridgehead atoms. The number of rotatable bonds is 8. The number of aryl methyl sites for hydroxylation is 1. The van der Waals surface area contributed by atoms with Crippen molar-refractivity contribution in [3.63, 3.8) is 0 Å². The van der Waals surface area contributed by atoms with Gasteiger partial charge in [-0.1, -0.05) is 5.92 Å². The van der Waals surface area contributed by atoms with Crippen LogP contribution in [0.1, 0.15) is 35.8 Å². The summed E-state index contributed by atoms with van der Waals surface area (Å²) in [4.78, 5) is 52.6. The maximum atomic E-state index is 14.2. The van der Waals surface area contributed by atoms with Crippen LogP contribution in [0.3, 0.4) is 0 Å². The van der Waals surface area contributed by atoms with E-state index in [1.165, 1.54) is 4.57 Å². The van der Waals surface area contributed by atoms with Gasteiger partial charge in [0.2, 0.25) is 0 Å². The highest BCUT2D eigenvalue weighted by Gasteiger charge is 2.32. The van der Waals surface area contributed by atoms with Crippen molar-refractivity contribution in [3.8, 4) is 11.8 Å². The van der Waals surface area contributed by atoms with Gasteiger partial charge in [-0.3, -0.25) is 23.7 Å². The van der Waals surface area contributed by atoms with Crippen LogP contribution < -0.4 is 27.2 Å². The van der Waals surface area contributed by atoms with E-state index in [1.807, 2.05) is 17.0 Å². The zero-order valence-corrected chi connectivity index (χ0v) is 23.5. The molecule has 1 amide bonds. The molecule has 4 aromatic rings. The summed E-state index contributed by atoms with van der Waals surface area (Å²) in [5.41, 5.74) is 7.91. The van der Waals surface area contributed by atoms with Crippen molar-refractivity contribution in [3.05, 3.63) is 62.6 Å². The number of aromatic nitrogens is 5. The monoisotopic (exact) mass is 558 g/mol. The molecule has 0 radical (unpaired) electrons. The number of nitrogens with one attached hydrogen (secondary N) is 1. The van der Waals surface area contributed by atoms with Crippen LogP contribution >= 0.6 is 0 Å². The number of piperidine rings is 1. The number of carbonyl (C=O) groups is 1. The summed E-state index contributed by atoms with van der Waals surface area (Å²) >= 11 is 0. The molecule has 1 aliphatic heterocycles. The number of methoxy groups -OCH3 is 1. The molecule has 1 saturated heterocycles. The Balaban J connectivity index is 1.76. The van der Waals surface area contributed by atoms with Gasteiger partial charge in [0.05, 0.1) is 41.9 Å². The van der Waals surface area contributed by atoms with Gasteiger partial charge in [0.25, 0.3) is 11.5 Å². The lowest BCUT2D eigenvalue weighted by Gasteiger charge is -2.33. The molecule has 12 heteroatoms. The number of ether oxygens (including phenoxy) is 1. The Morgan fingerprint density at radius 1 is 1.20 bits per heavy atom. The summed E-state index contributed by atoms with van der Waals surface area (Å²) < 4.78 is 9.39. The van der Waals surface area contributed by atoms with Gasteiger partial charge in [-0.2, -0.15) is 0 Å². The van der Waals surface area contributed by atoms with Gasteiger partial charge >= 0.3 is 5.69 Å². The Morgan fingerprint density at radius 3 is 2.78 bits per heavy atom. The second-order valence-electron chi connectivity index (χ2n) is 10.1. The highest BCUT2D eigenvalue weighted by molar-refractivity contribution is 6.11. The third-order valence-electron chi connectivity index (χ3n) is 7.34. The van der Waals surface area contributed by atoms with Gasteiger partial charge in [-0.15, -0.1) is 5.92 Å². The zero-order chi connectivity index (χ0) is 29.1. The van der Waals surface area contributed by atoms with Crippen molar-refractivity contribution in [2.75, 3.05) is 38.3 Å². The minimum Gasteiger partial charge on any atom is -0.383 e. The molecular formula is C29H34N8O4. The SMILES string of the molecule is CC#CCn1c(N2CCC[C@@H](N)C2)c(C(=O)NCCOC)c2c1c(=O)n(Cc1ccc3ncccc3n1)c(=O)n2C. The number of hydrogen-bond acceptors (Lipinski definition) is 8. The van der Waals surface area contributed by atoms with E-state index in [9.17, 15) is 14.4 Å². The number of fused-ring (bicyclic) bond motifs is 2. The van der Waals surface area contributed by atoms with Crippen molar-refractivity contribution in [1.82, 2.24) is 29.0 Å². The predicted octanol–water partition coefficient (Wildman–Crippen LogP) is 0.820. The van der Waals surface area contributed by atoms with Gasteiger partial charge in [-0.05, 0) is 44.0 Å². The average molecular weight is 559 g/mol. The van der Waals surface area contributed by atoms with E-state index in [4.69, 9.17) is 10.5 Å². The van der Waals surface area contributed by atoms with Crippen LogP contribution in [0.2, 0.25) is 0 Å². The standard InChI is InChI=1S/C29H34N8O4/c1-4-5-15-36-25-24(23(26(38)32-13-16-41-3)27(36)35-14-7-8-19(30)17-35)34(2)29(40)37(28(25)39)18-20-10-11-21-22(33-20)9-6-12-31-21/h6,9-12,19H,7-8,13-18,30H2,1-3H3,(H,32,38)/t19-/m1/s1. The number of nitrogens with two attached hydrogens (primary N) is 1. The summed E-state index contributed by atoms with van der Waals surface area (Å²) in [6.45, 7) is 3.57. The predicted molar refractivity (Wildman–Crippen MR) is 157 cm³/mol. The molecule has 0 aliphatic carbocycles. The molecule has 12 nitrogen and oxygen atoms in total. The molecule has 1 aliphatic rings. The van der Waals surface area contributed by atoms with E-state index in [1.54, 1.807) is 44.0 Å². The van der Waals surface area contributed by atoms with Crippen LogP contribution in [-0.2, 0) is 24.9 Å². The highest BCUT2D eigenvalue weighted by atomic mass is 16.5.